The van der Waals surface area contributed by atoms with Gasteiger partial charge in [-0.25, -0.2) is 8.42 Å². The van der Waals surface area contributed by atoms with Crippen LogP contribution in [-0.4, -0.2) is 55.1 Å². The molecule has 0 spiro atoms. The van der Waals surface area contributed by atoms with E-state index in [1.54, 1.807) is 36.4 Å². The number of carbonyl (C=O) groups excluding carboxylic acids is 2. The molecule has 1 atom stereocenters. The van der Waals surface area contributed by atoms with Crippen molar-refractivity contribution >= 4 is 44.2 Å². The highest BCUT2D eigenvalue weighted by atomic mass is 35.5. The summed E-state index contributed by atoms with van der Waals surface area (Å²) in [5, 5.41) is 5.43. The summed E-state index contributed by atoms with van der Waals surface area (Å²) in [5.74, 6) is -0.715. The zero-order chi connectivity index (χ0) is 31.1. The first-order valence-corrected chi connectivity index (χ1v) is 16.9. The minimum Gasteiger partial charge on any atom is -0.352 e. The summed E-state index contributed by atoms with van der Waals surface area (Å²) >= 11 is 6.29. The number of hydrogen-bond donors (Lipinski definition) is 1. The van der Waals surface area contributed by atoms with Crippen LogP contribution in [0.5, 0.6) is 0 Å². The van der Waals surface area contributed by atoms with Crippen LogP contribution in [0.15, 0.2) is 102 Å². The second-order valence-corrected chi connectivity index (χ2v) is 14.0. The Morgan fingerprint density at radius 3 is 2.25 bits per heavy atom. The largest absolute Gasteiger partial charge is 0.352 e. The number of carbonyl (C=O) groups is 2. The lowest BCUT2D eigenvalue weighted by molar-refractivity contribution is -0.141. The molecule has 0 unspecified atom stereocenters. The fraction of sp³-hybridized carbons (Fsp3) is 0.314. The lowest BCUT2D eigenvalue weighted by Crippen LogP contribution is -2.54. The third kappa shape index (κ3) is 7.86. The molecule has 2 amide bonds. The molecule has 4 aromatic carbocycles. The first kappa shape index (κ1) is 31.7. The molecule has 1 saturated carbocycles. The van der Waals surface area contributed by atoms with Gasteiger partial charge in [-0.15, -0.1) is 0 Å². The number of halogens is 1. The Hall–Kier alpha value is -3.72. The van der Waals surface area contributed by atoms with Gasteiger partial charge in [0.05, 0.1) is 11.4 Å². The fourth-order valence-electron chi connectivity index (χ4n) is 5.80. The number of rotatable bonds is 11. The Morgan fingerprint density at radius 1 is 0.841 bits per heavy atom. The van der Waals surface area contributed by atoms with E-state index in [0.717, 1.165) is 58.3 Å². The molecule has 44 heavy (non-hydrogen) atoms. The quantitative estimate of drug-likeness (QED) is 0.213. The molecule has 0 radical (unpaired) electrons. The van der Waals surface area contributed by atoms with Crippen molar-refractivity contribution in [2.24, 2.45) is 0 Å². The predicted molar refractivity (Wildman–Crippen MR) is 175 cm³/mol. The van der Waals surface area contributed by atoms with Gasteiger partial charge in [-0.05, 0) is 59.0 Å². The van der Waals surface area contributed by atoms with Gasteiger partial charge in [0.25, 0.3) is 0 Å². The van der Waals surface area contributed by atoms with Gasteiger partial charge in [0.15, 0.2) is 0 Å². The third-order valence-electron chi connectivity index (χ3n) is 8.25. The van der Waals surface area contributed by atoms with Crippen LogP contribution in [0.1, 0.15) is 43.2 Å². The zero-order valence-electron chi connectivity index (χ0n) is 24.9. The lowest BCUT2D eigenvalue weighted by atomic mass is 9.94. The van der Waals surface area contributed by atoms with Crippen molar-refractivity contribution < 1.29 is 18.0 Å². The number of benzene rings is 4. The SMILES string of the molecule is CN(CC(=O)N(Cc1cccc(Cl)c1)[C@H](Cc1ccccc1)C(=O)NC1CCCCC1)S(=O)(=O)c1ccc2ccccc2c1. The predicted octanol–water partition coefficient (Wildman–Crippen LogP) is 6.20. The van der Waals surface area contributed by atoms with Gasteiger partial charge in [0.2, 0.25) is 21.8 Å². The van der Waals surface area contributed by atoms with Crippen molar-refractivity contribution in [3.05, 3.63) is 113 Å². The minimum absolute atomic E-state index is 0.0496. The van der Waals surface area contributed by atoms with Crippen molar-refractivity contribution in [2.45, 2.75) is 62.0 Å². The number of hydrogen-bond acceptors (Lipinski definition) is 4. The molecule has 0 aliphatic heterocycles. The van der Waals surface area contributed by atoms with Gasteiger partial charge >= 0.3 is 0 Å². The summed E-state index contributed by atoms with van der Waals surface area (Å²) in [6, 6.07) is 28.4. The molecule has 7 nitrogen and oxygen atoms in total. The van der Waals surface area contributed by atoms with Crippen molar-refractivity contribution in [2.75, 3.05) is 13.6 Å². The van der Waals surface area contributed by atoms with Gasteiger partial charge in [0.1, 0.15) is 6.04 Å². The molecule has 230 valence electrons. The molecule has 4 aromatic rings. The van der Waals surface area contributed by atoms with Gasteiger partial charge < -0.3 is 10.2 Å². The van der Waals surface area contributed by atoms with E-state index in [1.165, 1.54) is 11.9 Å². The summed E-state index contributed by atoms with van der Waals surface area (Å²) in [7, 11) is -2.60. The Balaban J connectivity index is 1.45. The number of likely N-dealkylation sites (N-methyl/N-ethyl adjacent to an activating group) is 1. The van der Waals surface area contributed by atoms with E-state index in [0.29, 0.717) is 5.02 Å². The van der Waals surface area contributed by atoms with Crippen molar-refractivity contribution in [3.8, 4) is 0 Å². The van der Waals surface area contributed by atoms with E-state index >= 15 is 0 Å². The standard InChI is InChI=1S/C35H38ClN3O4S/c1-38(44(42,43)32-20-19-28-14-8-9-15-29(28)23-32)25-34(40)39(24-27-13-10-16-30(36)21-27)33(22-26-11-4-2-5-12-26)35(41)37-31-17-6-3-7-18-31/h2,4-5,8-16,19-21,23,31,33H,3,6-7,17-18,22,24-25H2,1H3,(H,37,41)/t33-/m1/s1. The molecular weight excluding hydrogens is 594 g/mol. The number of nitrogens with zero attached hydrogens (tertiary/aromatic N) is 2. The minimum atomic E-state index is -4.00. The van der Waals surface area contributed by atoms with Gasteiger partial charge in [-0.3, -0.25) is 9.59 Å². The Morgan fingerprint density at radius 2 is 1.52 bits per heavy atom. The van der Waals surface area contributed by atoms with Crippen molar-refractivity contribution in [1.29, 1.82) is 0 Å². The van der Waals surface area contributed by atoms with Crippen LogP contribution in [0, 0.1) is 0 Å². The summed E-state index contributed by atoms with van der Waals surface area (Å²) < 4.78 is 28.4. The maximum Gasteiger partial charge on any atom is 0.243 e. The van der Waals surface area contributed by atoms with E-state index in [2.05, 4.69) is 5.32 Å². The van der Waals surface area contributed by atoms with Crippen LogP contribution in [0.3, 0.4) is 0 Å². The monoisotopic (exact) mass is 631 g/mol. The lowest BCUT2D eigenvalue weighted by Gasteiger charge is -2.34. The molecule has 0 heterocycles. The summed E-state index contributed by atoms with van der Waals surface area (Å²) in [4.78, 5) is 29.8. The molecule has 9 heteroatoms. The summed E-state index contributed by atoms with van der Waals surface area (Å²) in [6.45, 7) is -0.337. The second-order valence-electron chi connectivity index (χ2n) is 11.5. The van der Waals surface area contributed by atoms with E-state index in [9.17, 15) is 18.0 Å². The molecule has 0 bridgehead atoms. The molecule has 0 saturated heterocycles. The summed E-state index contributed by atoms with van der Waals surface area (Å²) in [6.07, 6.45) is 5.34. The van der Waals surface area contributed by atoms with E-state index in [4.69, 9.17) is 11.6 Å². The molecule has 0 aromatic heterocycles. The fourth-order valence-corrected chi connectivity index (χ4v) is 7.17. The average Bonchev–Trinajstić information content (AvgIpc) is 3.03. The van der Waals surface area contributed by atoms with Crippen molar-refractivity contribution in [1.82, 2.24) is 14.5 Å². The molecule has 1 N–H and O–H groups in total. The van der Waals surface area contributed by atoms with Crippen LogP contribution >= 0.6 is 11.6 Å². The molecule has 1 aliphatic rings. The first-order chi connectivity index (χ1) is 21.2. The number of fused-ring (bicyclic) bond motifs is 1. The highest BCUT2D eigenvalue weighted by molar-refractivity contribution is 7.89. The van der Waals surface area contributed by atoms with Crippen LogP contribution < -0.4 is 5.32 Å². The topological polar surface area (TPSA) is 86.8 Å². The second kappa shape index (κ2) is 14.4. The van der Waals surface area contributed by atoms with E-state index < -0.39 is 28.5 Å². The average molecular weight is 632 g/mol. The summed E-state index contributed by atoms with van der Waals surface area (Å²) in [5.41, 5.74) is 1.65. The van der Waals surface area contributed by atoms with Gasteiger partial charge in [-0.1, -0.05) is 104 Å². The van der Waals surface area contributed by atoms with Crippen LogP contribution in [0.25, 0.3) is 10.8 Å². The first-order valence-electron chi connectivity index (χ1n) is 15.0. The highest BCUT2D eigenvalue weighted by Gasteiger charge is 2.34. The third-order valence-corrected chi connectivity index (χ3v) is 10.3. The molecule has 5 rings (SSSR count). The number of amides is 2. The number of nitrogens with one attached hydrogen (secondary N) is 1. The molecule has 1 aliphatic carbocycles. The number of sulfonamides is 1. The smallest absolute Gasteiger partial charge is 0.243 e. The Labute approximate surface area is 264 Å². The maximum absolute atomic E-state index is 14.2. The molecular formula is C35H38ClN3O4S. The van der Waals surface area contributed by atoms with Crippen LogP contribution in [-0.2, 0) is 32.6 Å². The van der Waals surface area contributed by atoms with Crippen LogP contribution in [0.2, 0.25) is 5.02 Å². The normalized spacial score (nSPS) is 14.8. The van der Waals surface area contributed by atoms with Crippen LogP contribution in [0.4, 0.5) is 0 Å². The zero-order valence-corrected chi connectivity index (χ0v) is 26.4. The molecule has 1 fully saturated rings. The Bertz CT molecular complexity index is 1710. The van der Waals surface area contributed by atoms with Gasteiger partial charge in [0, 0.05) is 31.1 Å². The van der Waals surface area contributed by atoms with Crippen molar-refractivity contribution in [3.63, 3.8) is 0 Å². The van der Waals surface area contributed by atoms with Gasteiger partial charge in [-0.2, -0.15) is 4.31 Å². The Kier molecular flexibility index (Phi) is 10.4. The highest BCUT2D eigenvalue weighted by Crippen LogP contribution is 2.24. The van der Waals surface area contributed by atoms with E-state index in [-0.39, 0.29) is 29.8 Å². The maximum atomic E-state index is 14.2. The van der Waals surface area contributed by atoms with E-state index in [1.807, 2.05) is 60.7 Å².